The lowest BCUT2D eigenvalue weighted by molar-refractivity contribution is 0.585. The molecule has 0 radical (unpaired) electrons. The van der Waals surface area contributed by atoms with E-state index in [-0.39, 0.29) is 0 Å². The van der Waals surface area contributed by atoms with Crippen molar-refractivity contribution in [3.63, 3.8) is 0 Å². The second-order valence-electron chi connectivity index (χ2n) is 2.86. The molecule has 11 heavy (non-hydrogen) atoms. The topological polar surface area (TPSA) is 0 Å². The highest BCUT2D eigenvalue weighted by Crippen LogP contribution is 2.00. The summed E-state index contributed by atoms with van der Waals surface area (Å²) < 4.78 is 25.1. The predicted octanol–water partition coefficient (Wildman–Crippen LogP) is 1.66. The van der Waals surface area contributed by atoms with Crippen molar-refractivity contribution in [3.05, 3.63) is 29.8 Å². The van der Waals surface area contributed by atoms with E-state index in [4.69, 9.17) is 0 Å². The molecule has 0 aliphatic carbocycles. The van der Waals surface area contributed by atoms with E-state index in [2.05, 4.69) is 0 Å². The van der Waals surface area contributed by atoms with Crippen LogP contribution in [-0.2, 0) is 0 Å². The van der Waals surface area contributed by atoms with E-state index < -0.39 is 20.4 Å². The zero-order valence-electron chi connectivity index (χ0n) is 6.57. The zero-order chi connectivity index (χ0) is 8.43. The first-order valence-electron chi connectivity index (χ1n) is 3.55. The third-order valence-electron chi connectivity index (χ3n) is 1.55. The predicted molar refractivity (Wildman–Crippen MR) is 44.9 cm³/mol. The van der Waals surface area contributed by atoms with Crippen molar-refractivity contribution in [3.8, 4) is 0 Å². The molecule has 0 aliphatic rings. The lowest BCUT2D eigenvalue weighted by Gasteiger charge is -2.02. The van der Waals surface area contributed by atoms with Crippen LogP contribution < -0.4 is 5.19 Å². The van der Waals surface area contributed by atoms with Crippen LogP contribution in [0.4, 0.5) is 8.78 Å². The van der Waals surface area contributed by atoms with E-state index in [1.165, 1.54) is 12.1 Å². The van der Waals surface area contributed by atoms with Crippen LogP contribution in [0.25, 0.3) is 0 Å². The normalized spacial score (nSPS) is 10.6. The minimum absolute atomic E-state index is 0.471. The van der Waals surface area contributed by atoms with Gasteiger partial charge in [0.2, 0.25) is 0 Å². The molecule has 0 unspecified atom stereocenters. The fourth-order valence-electron chi connectivity index (χ4n) is 0.908. The van der Waals surface area contributed by atoms with Gasteiger partial charge in [0.1, 0.15) is 11.6 Å². The Morgan fingerprint density at radius 3 is 1.82 bits per heavy atom. The largest absolute Gasteiger partial charge is 0.207 e. The highest BCUT2D eigenvalue weighted by molar-refractivity contribution is 6.70. The lowest BCUT2D eigenvalue weighted by Crippen LogP contribution is -2.23. The summed E-state index contributed by atoms with van der Waals surface area (Å²) in [6, 6.07) is 3.74. The van der Waals surface area contributed by atoms with Crippen molar-refractivity contribution >= 4 is 14.0 Å². The molecule has 1 aromatic rings. The molecule has 1 rings (SSSR count). The van der Waals surface area contributed by atoms with E-state index in [0.717, 1.165) is 11.3 Å². The zero-order valence-corrected chi connectivity index (χ0v) is 7.72. The molecular formula is C8H10F2Si. The van der Waals surface area contributed by atoms with Crippen LogP contribution in [0.5, 0.6) is 0 Å². The molecule has 60 valence electrons. The summed E-state index contributed by atoms with van der Waals surface area (Å²) in [5.74, 6) is -0.942. The van der Waals surface area contributed by atoms with Crippen molar-refractivity contribution in [2.24, 2.45) is 0 Å². The summed E-state index contributed by atoms with van der Waals surface area (Å²) in [4.78, 5) is 0. The third-order valence-corrected chi connectivity index (χ3v) is 3.22. The van der Waals surface area contributed by atoms with Gasteiger partial charge in [-0.25, -0.2) is 8.78 Å². The molecule has 0 heterocycles. The number of rotatable bonds is 1. The van der Waals surface area contributed by atoms with E-state index in [9.17, 15) is 8.78 Å². The molecule has 0 amide bonds. The van der Waals surface area contributed by atoms with Crippen molar-refractivity contribution < 1.29 is 8.78 Å². The highest BCUT2D eigenvalue weighted by atomic mass is 28.3. The summed E-state index contributed by atoms with van der Waals surface area (Å²) in [7, 11) is -1.06. The van der Waals surface area contributed by atoms with Gasteiger partial charge in [0, 0.05) is 6.07 Å². The maximum atomic E-state index is 12.6. The van der Waals surface area contributed by atoms with Crippen LogP contribution in [0.3, 0.4) is 0 Å². The molecule has 0 N–H and O–H groups in total. The summed E-state index contributed by atoms with van der Waals surface area (Å²) in [5, 5.41) is 0.836. The highest BCUT2D eigenvalue weighted by Gasteiger charge is 2.03. The second-order valence-corrected chi connectivity index (χ2v) is 5.83. The number of hydrogen-bond donors (Lipinski definition) is 0. The maximum absolute atomic E-state index is 12.6. The lowest BCUT2D eigenvalue weighted by atomic mass is 10.3. The Bertz CT molecular complexity index is 238. The van der Waals surface area contributed by atoms with Crippen molar-refractivity contribution in [2.75, 3.05) is 0 Å². The summed E-state index contributed by atoms with van der Waals surface area (Å²) >= 11 is 0. The molecular weight excluding hydrogens is 162 g/mol. The fourth-order valence-corrected chi connectivity index (χ4v) is 1.89. The van der Waals surface area contributed by atoms with E-state index in [1.807, 2.05) is 13.1 Å². The monoisotopic (exact) mass is 172 g/mol. The Morgan fingerprint density at radius 1 is 1.00 bits per heavy atom. The molecule has 0 atom stereocenters. The summed E-state index contributed by atoms with van der Waals surface area (Å²) in [6.45, 7) is 4.07. The Hall–Kier alpha value is -0.703. The van der Waals surface area contributed by atoms with Crippen molar-refractivity contribution in [1.82, 2.24) is 0 Å². The molecule has 0 aliphatic heterocycles. The van der Waals surface area contributed by atoms with Crippen LogP contribution >= 0.6 is 0 Å². The van der Waals surface area contributed by atoms with Gasteiger partial charge in [0.15, 0.2) is 0 Å². The van der Waals surface area contributed by atoms with Gasteiger partial charge in [-0.15, -0.1) is 0 Å². The van der Waals surface area contributed by atoms with Gasteiger partial charge < -0.3 is 0 Å². The number of halogens is 2. The van der Waals surface area contributed by atoms with Crippen LogP contribution in [0.15, 0.2) is 18.2 Å². The molecule has 0 aromatic heterocycles. The molecule has 0 saturated heterocycles. The van der Waals surface area contributed by atoms with Crippen molar-refractivity contribution in [1.29, 1.82) is 0 Å². The van der Waals surface area contributed by atoms with Crippen LogP contribution in [0.1, 0.15) is 0 Å². The minimum Gasteiger partial charge on any atom is -0.207 e. The standard InChI is InChI=1S/C8H10F2Si/c1-11(2)8-4-6(9)3-7(10)5-8/h3-5,11H,1-2H3. The first-order valence-corrected chi connectivity index (χ1v) is 6.44. The Balaban J connectivity index is 3.08. The van der Waals surface area contributed by atoms with Gasteiger partial charge in [-0.1, -0.05) is 18.3 Å². The Kier molecular flexibility index (Phi) is 2.39. The molecule has 1 aromatic carbocycles. The maximum Gasteiger partial charge on any atom is 0.125 e. The van der Waals surface area contributed by atoms with Gasteiger partial charge in [0.05, 0.1) is 8.80 Å². The smallest absolute Gasteiger partial charge is 0.125 e. The van der Waals surface area contributed by atoms with Crippen LogP contribution in [0.2, 0.25) is 13.1 Å². The first-order chi connectivity index (χ1) is 5.09. The first kappa shape index (κ1) is 8.39. The van der Waals surface area contributed by atoms with Gasteiger partial charge >= 0.3 is 0 Å². The van der Waals surface area contributed by atoms with Crippen LogP contribution in [-0.4, -0.2) is 8.80 Å². The van der Waals surface area contributed by atoms with E-state index >= 15 is 0 Å². The van der Waals surface area contributed by atoms with E-state index in [0.29, 0.717) is 0 Å². The number of hydrogen-bond acceptors (Lipinski definition) is 0. The molecule has 0 saturated carbocycles. The van der Waals surface area contributed by atoms with Gasteiger partial charge in [-0.2, -0.15) is 0 Å². The van der Waals surface area contributed by atoms with E-state index in [1.54, 1.807) is 0 Å². The second kappa shape index (κ2) is 3.13. The van der Waals surface area contributed by atoms with Crippen LogP contribution in [0, 0.1) is 11.6 Å². The average Bonchev–Trinajstić information content (AvgIpc) is 1.85. The third kappa shape index (κ3) is 2.12. The molecule has 3 heteroatoms. The van der Waals surface area contributed by atoms with Gasteiger partial charge in [-0.3, -0.25) is 0 Å². The Labute approximate surface area is 66.5 Å². The molecule has 0 fully saturated rings. The van der Waals surface area contributed by atoms with Gasteiger partial charge in [-0.05, 0) is 12.1 Å². The minimum atomic E-state index is -1.06. The Morgan fingerprint density at radius 2 is 1.45 bits per heavy atom. The van der Waals surface area contributed by atoms with Crippen molar-refractivity contribution in [2.45, 2.75) is 13.1 Å². The summed E-state index contributed by atoms with van der Waals surface area (Å²) in [5.41, 5.74) is 0. The number of benzene rings is 1. The molecule has 0 nitrogen and oxygen atoms in total. The quantitative estimate of drug-likeness (QED) is 0.565. The summed E-state index contributed by atoms with van der Waals surface area (Å²) in [6.07, 6.45) is 0. The van der Waals surface area contributed by atoms with Gasteiger partial charge in [0.25, 0.3) is 0 Å². The average molecular weight is 172 g/mol. The fraction of sp³-hybridized carbons (Fsp3) is 0.250. The SMILES string of the molecule is C[SiH](C)c1cc(F)cc(F)c1. The molecule has 0 spiro atoms. The molecule has 0 bridgehead atoms.